The second kappa shape index (κ2) is 8.08. The number of pyridine rings is 1. The number of rotatable bonds is 4. The molecule has 2 aromatic rings. The minimum atomic E-state index is 0.110. The molecule has 0 spiro atoms. The lowest BCUT2D eigenvalue weighted by atomic mass is 9.80. The Bertz CT molecular complexity index is 805. The zero-order valence-corrected chi connectivity index (χ0v) is 17.6. The highest BCUT2D eigenvalue weighted by molar-refractivity contribution is 5.79. The zero-order chi connectivity index (χ0) is 20.4. The van der Waals surface area contributed by atoms with E-state index in [-0.39, 0.29) is 11.8 Å². The molecule has 1 aliphatic carbocycles. The van der Waals surface area contributed by atoms with Gasteiger partial charge in [-0.2, -0.15) is 5.21 Å². The second-order valence-corrected chi connectivity index (χ2v) is 9.48. The highest BCUT2D eigenvalue weighted by atomic mass is 16.2. The molecule has 0 aromatic carbocycles. The van der Waals surface area contributed by atoms with Crippen LogP contribution in [0.5, 0.6) is 0 Å². The third-order valence-corrected chi connectivity index (χ3v) is 6.54. The number of nitrogens with zero attached hydrogens (tertiary/aromatic N) is 5. The number of amides is 1. The number of tetrazole rings is 1. The first-order valence-electron chi connectivity index (χ1n) is 10.7. The molecule has 2 N–H and O–H groups in total. The third kappa shape index (κ3) is 4.57. The van der Waals surface area contributed by atoms with Crippen molar-refractivity contribution in [1.29, 1.82) is 0 Å². The molecule has 4 rings (SSSR count). The molecular formula is C21H31N7O. The lowest BCUT2D eigenvalue weighted by Gasteiger charge is -2.33. The average molecular weight is 398 g/mol. The van der Waals surface area contributed by atoms with Crippen molar-refractivity contribution in [2.24, 2.45) is 17.3 Å². The summed E-state index contributed by atoms with van der Waals surface area (Å²) >= 11 is 0. The predicted octanol–water partition coefficient (Wildman–Crippen LogP) is 2.81. The van der Waals surface area contributed by atoms with Crippen LogP contribution in [0.3, 0.4) is 0 Å². The van der Waals surface area contributed by atoms with Crippen LogP contribution in [-0.4, -0.2) is 50.6 Å². The van der Waals surface area contributed by atoms with Gasteiger partial charge in [-0.05, 0) is 60.8 Å². The number of carbonyl (C=O) groups is 1. The second-order valence-electron chi connectivity index (χ2n) is 9.48. The Balaban J connectivity index is 1.26. The van der Waals surface area contributed by atoms with Gasteiger partial charge < -0.3 is 10.2 Å². The van der Waals surface area contributed by atoms with Crippen molar-refractivity contribution < 1.29 is 4.79 Å². The molecule has 156 valence electrons. The fourth-order valence-corrected chi connectivity index (χ4v) is 4.58. The molecule has 1 amide bonds. The van der Waals surface area contributed by atoms with Crippen molar-refractivity contribution in [2.75, 3.05) is 18.0 Å². The summed E-state index contributed by atoms with van der Waals surface area (Å²) < 4.78 is 0. The molecule has 2 aliphatic rings. The van der Waals surface area contributed by atoms with E-state index in [4.69, 9.17) is 0 Å². The van der Waals surface area contributed by atoms with Gasteiger partial charge in [0.1, 0.15) is 5.82 Å². The van der Waals surface area contributed by atoms with Crippen LogP contribution < -0.4 is 10.2 Å². The largest absolute Gasteiger partial charge is 0.357 e. The van der Waals surface area contributed by atoms with Crippen molar-refractivity contribution in [3.05, 3.63) is 18.3 Å². The van der Waals surface area contributed by atoms with Crippen LogP contribution in [-0.2, 0) is 4.79 Å². The normalized spacial score (nSPS) is 23.3. The smallest absolute Gasteiger partial charge is 0.223 e. The van der Waals surface area contributed by atoms with E-state index in [2.05, 4.69) is 56.6 Å². The van der Waals surface area contributed by atoms with Gasteiger partial charge in [-0.25, -0.2) is 4.98 Å². The van der Waals surface area contributed by atoms with Gasteiger partial charge in [-0.3, -0.25) is 4.79 Å². The van der Waals surface area contributed by atoms with E-state index in [1.165, 1.54) is 6.42 Å². The number of nitrogens with one attached hydrogen (secondary N) is 2. The summed E-state index contributed by atoms with van der Waals surface area (Å²) in [4.78, 5) is 19.6. The lowest BCUT2D eigenvalue weighted by Crippen LogP contribution is -2.43. The number of piperidine rings is 1. The van der Waals surface area contributed by atoms with Crippen molar-refractivity contribution in [2.45, 2.75) is 58.9 Å². The fourth-order valence-electron chi connectivity index (χ4n) is 4.58. The number of H-pyrrole nitrogens is 1. The molecule has 29 heavy (non-hydrogen) atoms. The first kappa shape index (κ1) is 19.8. The topological polar surface area (TPSA) is 99.7 Å². The van der Waals surface area contributed by atoms with Gasteiger partial charge in [0.2, 0.25) is 11.7 Å². The Morgan fingerprint density at radius 1 is 1.17 bits per heavy atom. The van der Waals surface area contributed by atoms with Crippen LogP contribution >= 0.6 is 0 Å². The highest BCUT2D eigenvalue weighted by Crippen LogP contribution is 2.39. The van der Waals surface area contributed by atoms with E-state index in [1.807, 2.05) is 12.1 Å². The summed E-state index contributed by atoms with van der Waals surface area (Å²) in [6.07, 6.45) is 6.96. The summed E-state index contributed by atoms with van der Waals surface area (Å²) in [6, 6.07) is 4.29. The Hall–Kier alpha value is -2.51. The third-order valence-electron chi connectivity index (χ3n) is 6.54. The molecule has 3 heterocycles. The van der Waals surface area contributed by atoms with Gasteiger partial charge in [0.05, 0.1) is 0 Å². The standard InChI is InChI=1S/C21H31N7O/c1-21(2,3)16-5-6-17(12-16)23-20(29)14-8-10-28(11-9-14)18-7-4-15(13-22-18)19-24-26-27-25-19/h4,7,13-14,16-17H,5-6,8-12H2,1-3H3,(H,23,29)(H,24,25,26,27). The number of hydrogen-bond acceptors (Lipinski definition) is 6. The molecule has 1 saturated carbocycles. The van der Waals surface area contributed by atoms with Gasteiger partial charge in [-0.15, -0.1) is 10.2 Å². The van der Waals surface area contributed by atoms with Crippen LogP contribution in [0, 0.1) is 17.3 Å². The number of anilines is 1. The molecule has 0 bridgehead atoms. The van der Waals surface area contributed by atoms with E-state index in [0.29, 0.717) is 23.2 Å². The molecule has 0 radical (unpaired) electrons. The Morgan fingerprint density at radius 2 is 1.97 bits per heavy atom. The number of aromatic amines is 1. The minimum absolute atomic E-state index is 0.110. The molecule has 8 heteroatoms. The van der Waals surface area contributed by atoms with Gasteiger partial charge in [0, 0.05) is 36.8 Å². The van der Waals surface area contributed by atoms with E-state index in [0.717, 1.165) is 50.2 Å². The molecule has 1 saturated heterocycles. The van der Waals surface area contributed by atoms with Crippen molar-refractivity contribution in [3.63, 3.8) is 0 Å². The van der Waals surface area contributed by atoms with Gasteiger partial charge in [0.25, 0.3) is 0 Å². The van der Waals surface area contributed by atoms with Crippen molar-refractivity contribution in [3.8, 4) is 11.4 Å². The Kier molecular flexibility index (Phi) is 5.52. The average Bonchev–Trinajstić information content (AvgIpc) is 3.40. The fraction of sp³-hybridized carbons (Fsp3) is 0.667. The zero-order valence-electron chi connectivity index (χ0n) is 17.6. The summed E-state index contributed by atoms with van der Waals surface area (Å²) in [5, 5.41) is 17.3. The van der Waals surface area contributed by atoms with Crippen molar-refractivity contribution >= 4 is 11.7 Å². The van der Waals surface area contributed by atoms with E-state index < -0.39 is 0 Å². The number of hydrogen-bond donors (Lipinski definition) is 2. The van der Waals surface area contributed by atoms with Crippen LogP contribution in [0.4, 0.5) is 5.82 Å². The molecule has 2 atom stereocenters. The Labute approximate surface area is 171 Å². The number of carbonyl (C=O) groups excluding carboxylic acids is 1. The molecule has 2 fully saturated rings. The first-order chi connectivity index (χ1) is 13.9. The SMILES string of the molecule is CC(C)(C)C1CCC(NC(=O)C2CCN(c3ccc(-c4nn[nH]n4)cn3)CC2)C1. The van der Waals surface area contributed by atoms with E-state index in [1.54, 1.807) is 6.20 Å². The van der Waals surface area contributed by atoms with E-state index >= 15 is 0 Å². The molecular weight excluding hydrogens is 366 g/mol. The maximum atomic E-state index is 12.8. The lowest BCUT2D eigenvalue weighted by molar-refractivity contribution is -0.126. The molecule has 2 aromatic heterocycles. The predicted molar refractivity (Wildman–Crippen MR) is 111 cm³/mol. The van der Waals surface area contributed by atoms with Gasteiger partial charge in [-0.1, -0.05) is 20.8 Å². The quantitative estimate of drug-likeness (QED) is 0.823. The maximum Gasteiger partial charge on any atom is 0.223 e. The van der Waals surface area contributed by atoms with Gasteiger partial charge in [0.15, 0.2) is 0 Å². The summed E-state index contributed by atoms with van der Waals surface area (Å²) in [5.41, 5.74) is 1.17. The van der Waals surface area contributed by atoms with Crippen molar-refractivity contribution in [1.82, 2.24) is 30.9 Å². The van der Waals surface area contributed by atoms with Gasteiger partial charge >= 0.3 is 0 Å². The highest BCUT2D eigenvalue weighted by Gasteiger charge is 2.35. The van der Waals surface area contributed by atoms with Crippen LogP contribution in [0.25, 0.3) is 11.4 Å². The van der Waals surface area contributed by atoms with E-state index in [9.17, 15) is 4.79 Å². The minimum Gasteiger partial charge on any atom is -0.357 e. The maximum absolute atomic E-state index is 12.8. The monoisotopic (exact) mass is 397 g/mol. The summed E-state index contributed by atoms with van der Waals surface area (Å²) in [7, 11) is 0. The Morgan fingerprint density at radius 3 is 2.55 bits per heavy atom. The van der Waals surface area contributed by atoms with Crippen LogP contribution in [0.15, 0.2) is 18.3 Å². The molecule has 1 aliphatic heterocycles. The molecule has 2 unspecified atom stereocenters. The molecule has 8 nitrogen and oxygen atoms in total. The van der Waals surface area contributed by atoms with Crippen LogP contribution in [0.1, 0.15) is 52.9 Å². The first-order valence-corrected chi connectivity index (χ1v) is 10.7. The summed E-state index contributed by atoms with van der Waals surface area (Å²) in [6.45, 7) is 8.62. The van der Waals surface area contributed by atoms with Crippen LogP contribution in [0.2, 0.25) is 0 Å². The number of aromatic nitrogens is 5. The summed E-state index contributed by atoms with van der Waals surface area (Å²) in [5.74, 6) is 2.53.